The highest BCUT2D eigenvalue weighted by atomic mass is 32.1. The molecule has 0 aliphatic carbocycles. The minimum atomic E-state index is -0.718. The number of ketones is 1. The van der Waals surface area contributed by atoms with Gasteiger partial charge in [-0.1, -0.05) is 18.2 Å². The molecule has 1 aliphatic heterocycles. The van der Waals surface area contributed by atoms with Gasteiger partial charge in [-0.15, -0.1) is 11.3 Å². The molecule has 1 aliphatic rings. The molecule has 1 aromatic carbocycles. The number of thiophene rings is 1. The molecule has 0 saturated heterocycles. The number of Topliss-reactive ketones (excluding diaryl/α,β-unsaturated/α-hetero) is 1. The molecular formula is C16H16N2O2S. The Hall–Kier alpha value is -2.14. The fraction of sp³-hybridized carbons (Fsp3) is 0.250. The number of carbonyl (C=O) groups is 2. The lowest BCUT2D eigenvalue weighted by atomic mass is 9.97. The zero-order chi connectivity index (χ0) is 15.0. The Morgan fingerprint density at radius 2 is 2.00 bits per heavy atom. The van der Waals surface area contributed by atoms with Gasteiger partial charge in [0.1, 0.15) is 5.54 Å². The van der Waals surface area contributed by atoms with Crippen LogP contribution in [0.1, 0.15) is 23.5 Å². The molecule has 1 amide bonds. The van der Waals surface area contributed by atoms with Gasteiger partial charge in [-0.3, -0.25) is 9.59 Å². The lowest BCUT2D eigenvalue weighted by Crippen LogP contribution is -2.55. The second-order valence-electron chi connectivity index (χ2n) is 5.56. The third-order valence-electron chi connectivity index (χ3n) is 3.52. The quantitative estimate of drug-likeness (QED) is 0.886. The monoisotopic (exact) mass is 300 g/mol. The third-order valence-corrected chi connectivity index (χ3v) is 4.43. The SMILES string of the molecule is CC1(C)Nc2ccccc2N(CC(=O)c2cccs2)C1=O. The van der Waals surface area contributed by atoms with Crippen LogP contribution >= 0.6 is 11.3 Å². The van der Waals surface area contributed by atoms with Crippen molar-refractivity contribution in [3.8, 4) is 0 Å². The number of nitrogens with zero attached hydrogens (tertiary/aromatic N) is 1. The Kier molecular flexibility index (Phi) is 3.29. The van der Waals surface area contributed by atoms with Crippen LogP contribution in [0.5, 0.6) is 0 Å². The normalized spacial score (nSPS) is 16.3. The molecule has 5 heteroatoms. The van der Waals surface area contributed by atoms with E-state index < -0.39 is 5.54 Å². The first-order valence-corrected chi connectivity index (χ1v) is 7.63. The first-order valence-electron chi connectivity index (χ1n) is 6.75. The first-order chi connectivity index (χ1) is 9.99. The number of anilines is 2. The van der Waals surface area contributed by atoms with E-state index in [1.165, 1.54) is 11.3 Å². The molecule has 0 unspecified atom stereocenters. The van der Waals surface area contributed by atoms with Gasteiger partial charge in [0, 0.05) is 0 Å². The second-order valence-corrected chi connectivity index (χ2v) is 6.51. The number of amides is 1. The molecule has 21 heavy (non-hydrogen) atoms. The highest BCUT2D eigenvalue weighted by molar-refractivity contribution is 7.12. The smallest absolute Gasteiger partial charge is 0.252 e. The van der Waals surface area contributed by atoms with E-state index in [9.17, 15) is 9.59 Å². The molecule has 1 N–H and O–H groups in total. The van der Waals surface area contributed by atoms with Crippen LogP contribution in [0, 0.1) is 0 Å². The topological polar surface area (TPSA) is 49.4 Å². The summed E-state index contributed by atoms with van der Waals surface area (Å²) in [7, 11) is 0. The minimum Gasteiger partial charge on any atom is -0.370 e. The molecule has 0 fully saturated rings. The number of para-hydroxylation sites is 2. The lowest BCUT2D eigenvalue weighted by Gasteiger charge is -2.39. The van der Waals surface area contributed by atoms with Crippen LogP contribution in [0.4, 0.5) is 11.4 Å². The predicted molar refractivity (Wildman–Crippen MR) is 85.1 cm³/mol. The van der Waals surface area contributed by atoms with Crippen molar-refractivity contribution in [2.75, 3.05) is 16.8 Å². The number of rotatable bonds is 3. The van der Waals surface area contributed by atoms with Crippen molar-refractivity contribution >= 4 is 34.4 Å². The van der Waals surface area contributed by atoms with Crippen LogP contribution in [0.2, 0.25) is 0 Å². The molecule has 3 rings (SSSR count). The molecule has 2 heterocycles. The fourth-order valence-corrected chi connectivity index (χ4v) is 3.12. The number of carbonyl (C=O) groups excluding carboxylic acids is 2. The van der Waals surface area contributed by atoms with Gasteiger partial charge in [0.05, 0.1) is 22.8 Å². The van der Waals surface area contributed by atoms with Gasteiger partial charge in [-0.25, -0.2) is 0 Å². The van der Waals surface area contributed by atoms with E-state index in [1.54, 1.807) is 11.0 Å². The number of benzene rings is 1. The van der Waals surface area contributed by atoms with E-state index in [0.717, 1.165) is 11.4 Å². The van der Waals surface area contributed by atoms with Crippen molar-refractivity contribution in [2.45, 2.75) is 19.4 Å². The predicted octanol–water partition coefficient (Wildman–Crippen LogP) is 3.17. The van der Waals surface area contributed by atoms with Crippen molar-refractivity contribution in [1.29, 1.82) is 0 Å². The Morgan fingerprint density at radius 1 is 1.24 bits per heavy atom. The summed E-state index contributed by atoms with van der Waals surface area (Å²) in [5, 5.41) is 5.09. The highest BCUT2D eigenvalue weighted by Gasteiger charge is 2.39. The van der Waals surface area contributed by atoms with Crippen LogP contribution in [0.15, 0.2) is 41.8 Å². The summed E-state index contributed by atoms with van der Waals surface area (Å²) in [5.41, 5.74) is 0.914. The van der Waals surface area contributed by atoms with E-state index in [-0.39, 0.29) is 18.2 Å². The maximum Gasteiger partial charge on any atom is 0.252 e. The molecule has 2 aromatic rings. The zero-order valence-corrected chi connectivity index (χ0v) is 12.7. The summed E-state index contributed by atoms with van der Waals surface area (Å²) in [6, 6.07) is 11.2. The highest BCUT2D eigenvalue weighted by Crippen LogP contribution is 2.35. The fourth-order valence-electron chi connectivity index (χ4n) is 2.47. The minimum absolute atomic E-state index is 0.0362. The van der Waals surface area contributed by atoms with Crippen LogP contribution in [-0.4, -0.2) is 23.8 Å². The summed E-state index contributed by atoms with van der Waals surface area (Å²) in [5.74, 6) is -0.128. The summed E-state index contributed by atoms with van der Waals surface area (Å²) < 4.78 is 0. The van der Waals surface area contributed by atoms with Crippen molar-refractivity contribution in [3.63, 3.8) is 0 Å². The number of hydrogen-bond donors (Lipinski definition) is 1. The Labute approximate surface area is 127 Å². The maximum atomic E-state index is 12.6. The van der Waals surface area contributed by atoms with E-state index in [1.807, 2.05) is 49.6 Å². The molecule has 108 valence electrons. The van der Waals surface area contributed by atoms with E-state index in [4.69, 9.17) is 0 Å². The van der Waals surface area contributed by atoms with E-state index in [2.05, 4.69) is 5.32 Å². The Balaban J connectivity index is 1.96. The molecule has 0 spiro atoms. The average molecular weight is 300 g/mol. The van der Waals surface area contributed by atoms with Gasteiger partial charge in [0.25, 0.3) is 5.91 Å². The summed E-state index contributed by atoms with van der Waals surface area (Å²) in [6.45, 7) is 3.73. The lowest BCUT2D eigenvalue weighted by molar-refractivity contribution is -0.122. The Bertz CT molecular complexity index is 692. The third kappa shape index (κ3) is 2.45. The number of nitrogens with one attached hydrogen (secondary N) is 1. The Morgan fingerprint density at radius 3 is 2.71 bits per heavy atom. The molecule has 0 saturated carbocycles. The number of hydrogen-bond acceptors (Lipinski definition) is 4. The first kappa shape index (κ1) is 13.8. The van der Waals surface area contributed by atoms with Crippen LogP contribution < -0.4 is 10.2 Å². The number of fused-ring (bicyclic) bond motifs is 1. The second kappa shape index (κ2) is 5.00. The van der Waals surface area contributed by atoms with Crippen LogP contribution in [0.25, 0.3) is 0 Å². The van der Waals surface area contributed by atoms with Crippen LogP contribution in [0.3, 0.4) is 0 Å². The van der Waals surface area contributed by atoms with Gasteiger partial charge in [-0.05, 0) is 37.4 Å². The van der Waals surface area contributed by atoms with Gasteiger partial charge < -0.3 is 10.2 Å². The molecule has 0 atom stereocenters. The molecule has 0 radical (unpaired) electrons. The van der Waals surface area contributed by atoms with Gasteiger partial charge in [-0.2, -0.15) is 0 Å². The maximum absolute atomic E-state index is 12.6. The van der Waals surface area contributed by atoms with Crippen molar-refractivity contribution < 1.29 is 9.59 Å². The van der Waals surface area contributed by atoms with Crippen molar-refractivity contribution in [1.82, 2.24) is 0 Å². The molecular weight excluding hydrogens is 284 g/mol. The van der Waals surface area contributed by atoms with Crippen molar-refractivity contribution in [2.24, 2.45) is 0 Å². The summed E-state index contributed by atoms with van der Waals surface area (Å²) in [6.07, 6.45) is 0. The largest absolute Gasteiger partial charge is 0.370 e. The van der Waals surface area contributed by atoms with Crippen LogP contribution in [-0.2, 0) is 4.79 Å². The molecule has 4 nitrogen and oxygen atoms in total. The van der Waals surface area contributed by atoms with Gasteiger partial charge >= 0.3 is 0 Å². The standard InChI is InChI=1S/C16H16N2O2S/c1-16(2)15(20)18(10-13(19)14-8-5-9-21-14)12-7-4-3-6-11(12)17-16/h3-9,17H,10H2,1-2H3. The summed E-state index contributed by atoms with van der Waals surface area (Å²) >= 11 is 1.40. The van der Waals surface area contributed by atoms with E-state index in [0.29, 0.717) is 4.88 Å². The van der Waals surface area contributed by atoms with Crippen molar-refractivity contribution in [3.05, 3.63) is 46.7 Å². The van der Waals surface area contributed by atoms with E-state index >= 15 is 0 Å². The summed E-state index contributed by atoms with van der Waals surface area (Å²) in [4.78, 5) is 27.2. The molecule has 1 aromatic heterocycles. The van der Waals surface area contributed by atoms with Gasteiger partial charge in [0.15, 0.2) is 5.78 Å². The average Bonchev–Trinajstić information content (AvgIpc) is 2.97. The zero-order valence-electron chi connectivity index (χ0n) is 11.9. The molecule has 0 bridgehead atoms. The van der Waals surface area contributed by atoms with Gasteiger partial charge in [0.2, 0.25) is 0 Å².